The normalized spacial score (nSPS) is 10.0. The highest BCUT2D eigenvalue weighted by atomic mass is 16.2. The van der Waals surface area contributed by atoms with Gasteiger partial charge in [0.1, 0.15) is 0 Å². The lowest BCUT2D eigenvalue weighted by atomic mass is 10.1. The van der Waals surface area contributed by atoms with Gasteiger partial charge in [0.2, 0.25) is 0 Å². The van der Waals surface area contributed by atoms with Crippen molar-refractivity contribution in [2.75, 3.05) is 5.32 Å². The summed E-state index contributed by atoms with van der Waals surface area (Å²) in [6, 6.07) is 16.8. The second-order valence-corrected chi connectivity index (χ2v) is 6.00. The molecule has 140 valence electrons. The number of carbonyl (C=O) groups is 3. The number of hydrogen-bond donors (Lipinski definition) is 3. The first-order chi connectivity index (χ1) is 13.5. The van der Waals surface area contributed by atoms with Crippen LogP contribution in [0.25, 0.3) is 0 Å². The zero-order valence-electron chi connectivity index (χ0n) is 15.1. The second kappa shape index (κ2) is 8.59. The van der Waals surface area contributed by atoms with E-state index in [4.69, 9.17) is 0 Å². The Hall–Kier alpha value is -4.00. The fourth-order valence-electron chi connectivity index (χ4n) is 2.49. The molecule has 0 atom stereocenters. The Kier molecular flexibility index (Phi) is 5.76. The van der Waals surface area contributed by atoms with Crippen molar-refractivity contribution < 1.29 is 14.4 Å². The molecule has 0 aliphatic rings. The minimum absolute atomic E-state index is 0.223. The number of anilines is 1. The number of hydrogen-bond acceptors (Lipinski definition) is 4. The maximum atomic E-state index is 12.3. The predicted molar refractivity (Wildman–Crippen MR) is 105 cm³/mol. The molecule has 0 spiro atoms. The fraction of sp³-hybridized carbons (Fsp3) is 0.0476. The molecule has 0 radical (unpaired) electrons. The average molecular weight is 374 g/mol. The van der Waals surface area contributed by atoms with E-state index in [1.807, 2.05) is 19.1 Å². The van der Waals surface area contributed by atoms with Crippen LogP contribution < -0.4 is 16.2 Å². The number of nitrogens with one attached hydrogen (secondary N) is 3. The number of hydrazine groups is 1. The van der Waals surface area contributed by atoms with E-state index in [1.165, 1.54) is 6.20 Å². The van der Waals surface area contributed by atoms with Crippen molar-refractivity contribution in [3.05, 3.63) is 95.3 Å². The van der Waals surface area contributed by atoms with Gasteiger partial charge in [-0.1, -0.05) is 18.2 Å². The second-order valence-electron chi connectivity index (χ2n) is 6.00. The summed E-state index contributed by atoms with van der Waals surface area (Å²) in [5.41, 5.74) is 7.35. The van der Waals surface area contributed by atoms with Gasteiger partial charge in [-0.05, 0) is 55.0 Å². The first-order valence-corrected chi connectivity index (χ1v) is 8.52. The molecule has 0 saturated heterocycles. The minimum Gasteiger partial charge on any atom is -0.322 e. The minimum atomic E-state index is -0.478. The number of amides is 3. The molecule has 0 unspecified atom stereocenters. The highest BCUT2D eigenvalue weighted by Crippen LogP contribution is 2.13. The zero-order chi connectivity index (χ0) is 19.9. The first kappa shape index (κ1) is 18.8. The number of rotatable bonds is 4. The summed E-state index contributed by atoms with van der Waals surface area (Å²) in [7, 11) is 0. The Balaban J connectivity index is 1.58. The van der Waals surface area contributed by atoms with E-state index in [0.717, 1.165) is 5.56 Å². The quantitative estimate of drug-likeness (QED) is 0.611. The Bertz CT molecular complexity index is 1000. The molecule has 3 amide bonds. The molecule has 0 bridgehead atoms. The molecule has 3 aromatic rings. The number of nitrogens with zero attached hydrogens (tertiary/aromatic N) is 1. The predicted octanol–water partition coefficient (Wildman–Crippen LogP) is 2.72. The van der Waals surface area contributed by atoms with E-state index in [1.54, 1.807) is 54.7 Å². The average Bonchev–Trinajstić information content (AvgIpc) is 2.73. The van der Waals surface area contributed by atoms with Gasteiger partial charge < -0.3 is 5.32 Å². The van der Waals surface area contributed by atoms with E-state index < -0.39 is 11.8 Å². The van der Waals surface area contributed by atoms with E-state index in [2.05, 4.69) is 21.2 Å². The highest BCUT2D eigenvalue weighted by molar-refractivity contribution is 6.05. The first-order valence-electron chi connectivity index (χ1n) is 8.52. The van der Waals surface area contributed by atoms with Crippen molar-refractivity contribution in [2.45, 2.75) is 6.92 Å². The highest BCUT2D eigenvalue weighted by Gasteiger charge is 2.11. The van der Waals surface area contributed by atoms with E-state index in [0.29, 0.717) is 22.4 Å². The van der Waals surface area contributed by atoms with E-state index in [-0.39, 0.29) is 5.91 Å². The molecule has 7 heteroatoms. The van der Waals surface area contributed by atoms with Gasteiger partial charge >= 0.3 is 0 Å². The standard InChI is InChI=1S/C21H18N4O3/c1-14-5-2-3-7-18(14)21(28)23-17-10-8-15(9-11-17)19(26)24-25-20(27)16-6-4-12-22-13-16/h2-13H,1H3,(H,23,28)(H,24,26)(H,25,27). The van der Waals surface area contributed by atoms with Crippen molar-refractivity contribution in [1.29, 1.82) is 0 Å². The van der Waals surface area contributed by atoms with Gasteiger partial charge in [0.15, 0.2) is 0 Å². The van der Waals surface area contributed by atoms with Gasteiger partial charge in [-0.3, -0.25) is 30.2 Å². The molecular formula is C21H18N4O3. The summed E-state index contributed by atoms with van der Waals surface area (Å²) in [6.45, 7) is 1.86. The Morgan fingerprint density at radius 3 is 2.07 bits per heavy atom. The van der Waals surface area contributed by atoms with Crippen LogP contribution in [0.2, 0.25) is 0 Å². The van der Waals surface area contributed by atoms with Gasteiger partial charge in [0, 0.05) is 29.2 Å². The van der Waals surface area contributed by atoms with Crippen LogP contribution in [0, 0.1) is 6.92 Å². The Morgan fingerprint density at radius 2 is 1.43 bits per heavy atom. The molecule has 1 aromatic heterocycles. The summed E-state index contributed by atoms with van der Waals surface area (Å²) in [6.07, 6.45) is 2.95. The summed E-state index contributed by atoms with van der Waals surface area (Å²) < 4.78 is 0. The van der Waals surface area contributed by atoms with Gasteiger partial charge in [-0.2, -0.15) is 0 Å². The largest absolute Gasteiger partial charge is 0.322 e. The maximum Gasteiger partial charge on any atom is 0.271 e. The summed E-state index contributed by atoms with van der Waals surface area (Å²) in [5, 5.41) is 2.79. The third-order valence-electron chi connectivity index (χ3n) is 4.01. The molecule has 0 aliphatic heterocycles. The lowest BCUT2D eigenvalue weighted by Crippen LogP contribution is -2.41. The van der Waals surface area contributed by atoms with Crippen LogP contribution in [-0.2, 0) is 0 Å². The molecule has 2 aromatic carbocycles. The Labute approximate surface area is 161 Å². The van der Waals surface area contributed by atoms with Crippen molar-refractivity contribution in [1.82, 2.24) is 15.8 Å². The lowest BCUT2D eigenvalue weighted by molar-refractivity contribution is 0.0846. The van der Waals surface area contributed by atoms with Crippen LogP contribution in [0.15, 0.2) is 73.1 Å². The topological polar surface area (TPSA) is 100 Å². The molecule has 3 N–H and O–H groups in total. The van der Waals surface area contributed by atoms with Crippen molar-refractivity contribution in [3.63, 3.8) is 0 Å². The van der Waals surface area contributed by atoms with Gasteiger partial charge in [0.25, 0.3) is 17.7 Å². The third kappa shape index (κ3) is 4.59. The molecule has 0 fully saturated rings. The van der Waals surface area contributed by atoms with Crippen molar-refractivity contribution >= 4 is 23.4 Å². The molecule has 0 saturated carbocycles. The van der Waals surface area contributed by atoms with Crippen molar-refractivity contribution in [2.24, 2.45) is 0 Å². The number of carbonyl (C=O) groups excluding carboxylic acids is 3. The molecular weight excluding hydrogens is 356 g/mol. The van der Waals surface area contributed by atoms with Gasteiger partial charge in [-0.25, -0.2) is 0 Å². The number of pyridine rings is 1. The summed E-state index contributed by atoms with van der Waals surface area (Å²) in [4.78, 5) is 40.2. The van der Waals surface area contributed by atoms with Gasteiger partial charge in [-0.15, -0.1) is 0 Å². The maximum absolute atomic E-state index is 12.3. The number of benzene rings is 2. The van der Waals surface area contributed by atoms with E-state index in [9.17, 15) is 14.4 Å². The van der Waals surface area contributed by atoms with E-state index >= 15 is 0 Å². The smallest absolute Gasteiger partial charge is 0.271 e. The molecule has 7 nitrogen and oxygen atoms in total. The SMILES string of the molecule is Cc1ccccc1C(=O)Nc1ccc(C(=O)NNC(=O)c2cccnc2)cc1. The van der Waals surface area contributed by atoms with Crippen molar-refractivity contribution in [3.8, 4) is 0 Å². The number of aryl methyl sites for hydroxylation is 1. The summed E-state index contributed by atoms with van der Waals surface area (Å²) in [5.74, 6) is -1.17. The monoisotopic (exact) mass is 374 g/mol. The third-order valence-corrected chi connectivity index (χ3v) is 4.01. The van der Waals surface area contributed by atoms with Crippen LogP contribution in [0.4, 0.5) is 5.69 Å². The fourth-order valence-corrected chi connectivity index (χ4v) is 2.49. The van der Waals surface area contributed by atoms with Crippen LogP contribution in [0.5, 0.6) is 0 Å². The van der Waals surface area contributed by atoms with Crippen LogP contribution in [0.3, 0.4) is 0 Å². The van der Waals surface area contributed by atoms with Crippen LogP contribution >= 0.6 is 0 Å². The van der Waals surface area contributed by atoms with Gasteiger partial charge in [0.05, 0.1) is 5.56 Å². The lowest BCUT2D eigenvalue weighted by Gasteiger charge is -2.09. The van der Waals surface area contributed by atoms with Crippen LogP contribution in [-0.4, -0.2) is 22.7 Å². The molecule has 0 aliphatic carbocycles. The summed E-state index contributed by atoms with van der Waals surface area (Å²) >= 11 is 0. The Morgan fingerprint density at radius 1 is 0.750 bits per heavy atom. The van der Waals surface area contributed by atoms with Crippen LogP contribution in [0.1, 0.15) is 36.6 Å². The number of aromatic nitrogens is 1. The molecule has 1 heterocycles. The molecule has 3 rings (SSSR count). The molecule has 28 heavy (non-hydrogen) atoms. The zero-order valence-corrected chi connectivity index (χ0v) is 15.1.